The fourth-order valence-electron chi connectivity index (χ4n) is 0.474. The van der Waals surface area contributed by atoms with Crippen LogP contribution in [0.2, 0.25) is 0 Å². The van der Waals surface area contributed by atoms with Crippen LogP contribution in [0, 0.1) is 19.7 Å². The Kier molecular flexibility index (Phi) is 3.99. The molecule has 0 saturated carbocycles. The SMILES string of the molecule is [CH-]=Cc1[c-]nc(C)[nH]1.[Y]. The van der Waals surface area contributed by atoms with Crippen molar-refractivity contribution in [3.63, 3.8) is 0 Å². The van der Waals surface area contributed by atoms with Gasteiger partial charge in [-0.3, -0.25) is 0 Å². The molecular weight excluding hydrogens is 189 g/mol. The van der Waals surface area contributed by atoms with Crippen LogP contribution in [-0.4, -0.2) is 9.97 Å². The minimum atomic E-state index is 0. The Morgan fingerprint density at radius 2 is 2.44 bits per heavy atom. The molecule has 2 nitrogen and oxygen atoms in total. The van der Waals surface area contributed by atoms with E-state index in [1.165, 1.54) is 6.08 Å². The maximum absolute atomic E-state index is 5.14. The van der Waals surface area contributed by atoms with Gasteiger partial charge in [-0.05, 0) is 5.82 Å². The van der Waals surface area contributed by atoms with Crippen molar-refractivity contribution < 1.29 is 32.7 Å². The van der Waals surface area contributed by atoms with E-state index in [9.17, 15) is 0 Å². The van der Waals surface area contributed by atoms with E-state index >= 15 is 0 Å². The summed E-state index contributed by atoms with van der Waals surface area (Å²) in [5.74, 6) is 0.835. The average molecular weight is 195 g/mol. The number of aromatic nitrogens is 2. The van der Waals surface area contributed by atoms with Crippen LogP contribution >= 0.6 is 0 Å². The molecule has 1 radical (unpaired) electrons. The van der Waals surface area contributed by atoms with Gasteiger partial charge in [0.25, 0.3) is 0 Å². The Morgan fingerprint density at radius 1 is 1.78 bits per heavy atom. The third kappa shape index (κ3) is 2.42. The molecule has 0 amide bonds. The van der Waals surface area contributed by atoms with Crippen molar-refractivity contribution in [3.05, 3.63) is 24.3 Å². The summed E-state index contributed by atoms with van der Waals surface area (Å²) < 4.78 is 0. The molecule has 0 aliphatic carbocycles. The number of imidazole rings is 1. The molecule has 0 bridgehead atoms. The zero-order valence-corrected chi connectivity index (χ0v) is 8.02. The summed E-state index contributed by atoms with van der Waals surface area (Å²) in [4.78, 5) is 6.67. The standard InChI is InChI=1S/C6H6N2.Y/c1-3-6-4-7-5(2)8-6;/h1,3H,2H3,(H,7,8);/q-2;. The van der Waals surface area contributed by atoms with E-state index in [1.807, 2.05) is 6.92 Å². The van der Waals surface area contributed by atoms with Gasteiger partial charge in [0.1, 0.15) is 0 Å². The summed E-state index contributed by atoms with van der Waals surface area (Å²) in [5.41, 5.74) is 0.738. The molecule has 0 saturated heterocycles. The van der Waals surface area contributed by atoms with Gasteiger partial charge in [-0.15, -0.1) is 0 Å². The first-order valence-corrected chi connectivity index (χ1v) is 2.32. The fraction of sp³-hybridized carbons (Fsp3) is 0.167. The van der Waals surface area contributed by atoms with E-state index in [-0.39, 0.29) is 32.7 Å². The number of hydrogen-bond acceptors (Lipinski definition) is 1. The average Bonchev–Trinajstić information content (AvgIpc) is 2.14. The Bertz CT molecular complexity index is 193. The van der Waals surface area contributed by atoms with E-state index < -0.39 is 0 Å². The van der Waals surface area contributed by atoms with E-state index in [0.29, 0.717) is 0 Å². The zero-order valence-electron chi connectivity index (χ0n) is 5.18. The van der Waals surface area contributed by atoms with Gasteiger partial charge in [0.2, 0.25) is 0 Å². The van der Waals surface area contributed by atoms with Gasteiger partial charge in [0.05, 0.1) is 0 Å². The Hall–Kier alpha value is 0.0539. The quantitative estimate of drug-likeness (QED) is 0.664. The molecule has 9 heavy (non-hydrogen) atoms. The van der Waals surface area contributed by atoms with Crippen molar-refractivity contribution in [1.29, 1.82) is 0 Å². The van der Waals surface area contributed by atoms with E-state index in [4.69, 9.17) is 6.58 Å². The predicted molar refractivity (Wildman–Crippen MR) is 30.9 cm³/mol. The van der Waals surface area contributed by atoms with Crippen molar-refractivity contribution in [2.75, 3.05) is 0 Å². The van der Waals surface area contributed by atoms with Gasteiger partial charge in [0, 0.05) is 32.7 Å². The van der Waals surface area contributed by atoms with Crippen LogP contribution in [0.4, 0.5) is 0 Å². The molecule has 0 aromatic carbocycles. The van der Waals surface area contributed by atoms with E-state index in [2.05, 4.69) is 16.2 Å². The first-order chi connectivity index (χ1) is 3.83. The third-order valence-electron chi connectivity index (χ3n) is 0.826. The van der Waals surface area contributed by atoms with Crippen molar-refractivity contribution in [3.8, 4) is 0 Å². The Morgan fingerprint density at radius 3 is 2.67 bits per heavy atom. The summed E-state index contributed by atoms with van der Waals surface area (Å²) in [6, 6.07) is 0. The third-order valence-corrected chi connectivity index (χ3v) is 0.826. The smallest absolute Gasteiger partial charge is 0 e. The Labute approximate surface area is 79.6 Å². The van der Waals surface area contributed by atoms with Crippen LogP contribution in [0.1, 0.15) is 11.5 Å². The van der Waals surface area contributed by atoms with Crippen LogP contribution in [0.25, 0.3) is 6.08 Å². The summed E-state index contributed by atoms with van der Waals surface area (Å²) >= 11 is 0. The topological polar surface area (TPSA) is 28.7 Å². The summed E-state index contributed by atoms with van der Waals surface area (Å²) in [7, 11) is 0. The Balaban J connectivity index is 0.000000640. The van der Waals surface area contributed by atoms with Crippen LogP contribution in [0.5, 0.6) is 0 Å². The minimum Gasteiger partial charge on any atom is -0.496 e. The maximum atomic E-state index is 5.14. The molecule has 0 aliphatic rings. The molecule has 0 fully saturated rings. The second-order valence-corrected chi connectivity index (χ2v) is 1.51. The molecule has 0 unspecified atom stereocenters. The number of nitrogens with zero attached hydrogens (tertiary/aromatic N) is 1. The van der Waals surface area contributed by atoms with Crippen LogP contribution in [-0.2, 0) is 32.7 Å². The molecule has 1 rings (SSSR count). The number of aryl methyl sites for hydroxylation is 1. The van der Waals surface area contributed by atoms with Gasteiger partial charge in [-0.2, -0.15) is 6.20 Å². The normalized spacial score (nSPS) is 8.11. The molecule has 1 N–H and O–H groups in total. The largest absolute Gasteiger partial charge is 0.496 e. The number of rotatable bonds is 1. The van der Waals surface area contributed by atoms with Crippen LogP contribution in [0.3, 0.4) is 0 Å². The molecular formula is C6H6N2Y-2. The molecule has 45 valence electrons. The molecule has 0 spiro atoms. The number of H-pyrrole nitrogens is 1. The number of hydrogen-bond donors (Lipinski definition) is 1. The molecule has 0 aliphatic heterocycles. The van der Waals surface area contributed by atoms with Crippen molar-refractivity contribution in [2.45, 2.75) is 6.92 Å². The molecule has 1 heterocycles. The van der Waals surface area contributed by atoms with Crippen LogP contribution in [0.15, 0.2) is 0 Å². The van der Waals surface area contributed by atoms with Crippen molar-refractivity contribution >= 4 is 6.08 Å². The monoisotopic (exact) mass is 195 g/mol. The zero-order chi connectivity index (χ0) is 5.98. The molecule has 1 aromatic heterocycles. The first-order valence-electron chi connectivity index (χ1n) is 2.32. The summed E-state index contributed by atoms with van der Waals surface area (Å²) in [6.07, 6.45) is 4.10. The predicted octanol–water partition coefficient (Wildman–Crippen LogP) is 0.962. The van der Waals surface area contributed by atoms with Crippen molar-refractivity contribution in [1.82, 2.24) is 9.97 Å². The van der Waals surface area contributed by atoms with Gasteiger partial charge < -0.3 is 22.6 Å². The second kappa shape index (κ2) is 3.96. The maximum Gasteiger partial charge on any atom is 0 e. The second-order valence-electron chi connectivity index (χ2n) is 1.51. The van der Waals surface area contributed by atoms with E-state index in [1.54, 1.807) is 0 Å². The number of aromatic amines is 1. The number of nitrogens with one attached hydrogen (secondary N) is 1. The molecule has 1 aromatic rings. The fourth-order valence-corrected chi connectivity index (χ4v) is 0.474. The van der Waals surface area contributed by atoms with Gasteiger partial charge in [-0.25, -0.2) is 5.69 Å². The minimum absolute atomic E-state index is 0. The summed E-state index contributed by atoms with van der Waals surface area (Å²) in [5, 5.41) is 0. The van der Waals surface area contributed by atoms with Crippen LogP contribution < -0.4 is 0 Å². The molecule has 0 atom stereocenters. The van der Waals surface area contributed by atoms with Gasteiger partial charge in [0.15, 0.2) is 0 Å². The molecule has 3 heteroatoms. The van der Waals surface area contributed by atoms with Crippen molar-refractivity contribution in [2.24, 2.45) is 0 Å². The van der Waals surface area contributed by atoms with Gasteiger partial charge >= 0.3 is 0 Å². The summed E-state index contributed by atoms with van der Waals surface area (Å²) in [6.45, 7) is 6.99. The van der Waals surface area contributed by atoms with E-state index in [0.717, 1.165) is 11.5 Å². The van der Waals surface area contributed by atoms with Gasteiger partial charge in [-0.1, -0.05) is 6.92 Å². The first kappa shape index (κ1) is 9.05.